The molecule has 0 unspecified atom stereocenters. The first kappa shape index (κ1) is 20.2. The summed E-state index contributed by atoms with van der Waals surface area (Å²) in [7, 11) is 0. The van der Waals surface area contributed by atoms with Gasteiger partial charge in [-0.1, -0.05) is 18.2 Å². The highest BCUT2D eigenvalue weighted by Gasteiger charge is 2.34. The van der Waals surface area contributed by atoms with E-state index in [2.05, 4.69) is 10.2 Å². The van der Waals surface area contributed by atoms with Gasteiger partial charge in [0.1, 0.15) is 12.3 Å². The standard InChI is InChI=1S/C22H26N4O4/c1-2-23-21(27)15-7-8-20(18(13-15)24-29)25-11-9-17(10-12-25)26-19-6-4-3-5-16(19)14-30-22(26)28/h3-8,13,17,24,29H,2,9-12,14H2,1H3,(H,23,27)/p+1. The highest BCUT2D eigenvalue weighted by atomic mass is 16.6. The molecule has 0 spiro atoms. The van der Waals surface area contributed by atoms with Crippen LogP contribution in [-0.2, 0) is 11.3 Å². The van der Waals surface area contributed by atoms with Crippen LogP contribution in [0.15, 0.2) is 42.5 Å². The van der Waals surface area contributed by atoms with Crippen LogP contribution in [0, 0.1) is 0 Å². The lowest BCUT2D eigenvalue weighted by Gasteiger charge is -2.40. The van der Waals surface area contributed by atoms with Crippen molar-refractivity contribution in [1.82, 2.24) is 5.32 Å². The molecule has 0 aromatic heterocycles. The van der Waals surface area contributed by atoms with Crippen LogP contribution in [0.3, 0.4) is 0 Å². The number of hydrogen-bond acceptors (Lipinski definition) is 5. The first-order chi connectivity index (χ1) is 14.6. The Morgan fingerprint density at radius 3 is 2.70 bits per heavy atom. The number of fused-ring (bicyclic) bond motifs is 1. The maximum absolute atomic E-state index is 12.5. The molecule has 2 aromatic carbocycles. The Hall–Kier alpha value is -3.10. The fraction of sp³-hybridized carbons (Fsp3) is 0.364. The second kappa shape index (κ2) is 8.73. The van der Waals surface area contributed by atoms with Gasteiger partial charge in [-0.05, 0) is 38.0 Å². The Kier molecular flexibility index (Phi) is 5.87. The summed E-state index contributed by atoms with van der Waals surface area (Å²) in [5.74, 6) is -0.159. The van der Waals surface area contributed by atoms with Gasteiger partial charge in [-0.15, -0.1) is 0 Å². The van der Waals surface area contributed by atoms with Gasteiger partial charge in [0, 0.05) is 42.9 Å². The van der Waals surface area contributed by atoms with Crippen LogP contribution in [0.2, 0.25) is 0 Å². The van der Waals surface area contributed by atoms with Crippen LogP contribution < -0.4 is 20.6 Å². The normalized spacial score (nSPS) is 16.8. The quantitative estimate of drug-likeness (QED) is 0.517. The molecule has 4 rings (SSSR count). The molecule has 30 heavy (non-hydrogen) atoms. The average Bonchev–Trinajstić information content (AvgIpc) is 2.79. The summed E-state index contributed by atoms with van der Waals surface area (Å²) in [5, 5.41) is 12.5. The van der Waals surface area contributed by atoms with Crippen molar-refractivity contribution in [2.24, 2.45) is 0 Å². The summed E-state index contributed by atoms with van der Waals surface area (Å²) < 4.78 is 5.37. The minimum Gasteiger partial charge on any atom is -0.444 e. The maximum Gasteiger partial charge on any atom is 0.414 e. The molecule has 4 N–H and O–H groups in total. The van der Waals surface area contributed by atoms with E-state index < -0.39 is 0 Å². The van der Waals surface area contributed by atoms with E-state index >= 15 is 0 Å². The molecule has 1 fully saturated rings. The van der Waals surface area contributed by atoms with Gasteiger partial charge in [0.05, 0.1) is 5.69 Å². The Labute approximate surface area is 175 Å². The first-order valence-corrected chi connectivity index (χ1v) is 10.3. The molecule has 2 aliphatic rings. The lowest BCUT2D eigenvalue weighted by Crippen LogP contribution is -2.74. The molecule has 158 valence electrons. The number of para-hydroxylation sites is 1. The molecule has 0 atom stereocenters. The summed E-state index contributed by atoms with van der Waals surface area (Å²) >= 11 is 0. The fourth-order valence-corrected chi connectivity index (χ4v) is 4.24. The number of benzene rings is 2. The fourth-order valence-electron chi connectivity index (χ4n) is 4.24. The van der Waals surface area contributed by atoms with Crippen LogP contribution >= 0.6 is 0 Å². The largest absolute Gasteiger partial charge is 0.444 e. The number of rotatable bonds is 5. The van der Waals surface area contributed by atoms with Gasteiger partial charge in [0.25, 0.3) is 5.91 Å². The third kappa shape index (κ3) is 3.83. The lowest BCUT2D eigenvalue weighted by molar-refractivity contribution is -0.825. The molecule has 2 heterocycles. The molecule has 2 aromatic rings. The number of piperidine rings is 1. The lowest BCUT2D eigenvalue weighted by atomic mass is 9.99. The molecule has 8 heteroatoms. The summed E-state index contributed by atoms with van der Waals surface area (Å²) in [5.41, 5.74) is 5.01. The Morgan fingerprint density at radius 2 is 1.97 bits per heavy atom. The molecular formula is C22H27N4O4+. The van der Waals surface area contributed by atoms with Gasteiger partial charge in [-0.3, -0.25) is 9.69 Å². The summed E-state index contributed by atoms with van der Waals surface area (Å²) in [6.07, 6.45) is 1.28. The number of nitrogens with two attached hydrogens (primary N) is 1. The smallest absolute Gasteiger partial charge is 0.414 e. The minimum absolute atomic E-state index is 0.0614. The molecule has 0 saturated carbocycles. The summed E-state index contributed by atoms with van der Waals surface area (Å²) in [6, 6.07) is 13.3. The van der Waals surface area contributed by atoms with Crippen molar-refractivity contribution in [2.75, 3.05) is 29.4 Å². The van der Waals surface area contributed by atoms with Crippen molar-refractivity contribution in [2.45, 2.75) is 32.4 Å². The number of cyclic esters (lactones) is 1. The predicted octanol–water partition coefficient (Wildman–Crippen LogP) is 2.15. The molecule has 0 bridgehead atoms. The topological polar surface area (TPSA) is 98.7 Å². The van der Waals surface area contributed by atoms with Crippen LogP contribution in [-0.4, -0.2) is 42.9 Å². The van der Waals surface area contributed by atoms with Crippen molar-refractivity contribution in [3.8, 4) is 0 Å². The predicted molar refractivity (Wildman–Crippen MR) is 112 cm³/mol. The number of ether oxygens (including phenoxy) is 1. The number of anilines is 2. The third-order valence-electron chi connectivity index (χ3n) is 5.74. The van der Waals surface area contributed by atoms with E-state index in [4.69, 9.17) is 4.74 Å². The van der Waals surface area contributed by atoms with Crippen LogP contribution in [0.25, 0.3) is 0 Å². The van der Waals surface area contributed by atoms with E-state index in [9.17, 15) is 14.8 Å². The molecule has 0 radical (unpaired) electrons. The minimum atomic E-state index is -0.289. The van der Waals surface area contributed by atoms with Gasteiger partial charge < -0.3 is 15.0 Å². The Bertz CT molecular complexity index is 940. The number of hydrogen-bond donors (Lipinski definition) is 3. The number of carbonyl (C=O) groups is 2. The molecule has 2 amide bonds. The Balaban J connectivity index is 1.49. The van der Waals surface area contributed by atoms with E-state index in [1.54, 1.807) is 17.0 Å². The van der Waals surface area contributed by atoms with Gasteiger partial charge in [0.2, 0.25) is 0 Å². The third-order valence-corrected chi connectivity index (χ3v) is 5.74. The van der Waals surface area contributed by atoms with Crippen molar-refractivity contribution < 1.29 is 25.0 Å². The van der Waals surface area contributed by atoms with E-state index in [1.165, 1.54) is 0 Å². The van der Waals surface area contributed by atoms with Crippen molar-refractivity contribution in [3.63, 3.8) is 0 Å². The van der Waals surface area contributed by atoms with Gasteiger partial charge >= 0.3 is 6.09 Å². The van der Waals surface area contributed by atoms with Crippen LogP contribution in [0.4, 0.5) is 21.9 Å². The number of nitrogens with one attached hydrogen (secondary N) is 1. The second-order valence-corrected chi connectivity index (χ2v) is 7.53. The zero-order chi connectivity index (χ0) is 21.1. The molecule has 1 saturated heterocycles. The number of quaternary nitrogens is 1. The molecule has 8 nitrogen and oxygen atoms in total. The number of carbonyl (C=O) groups excluding carboxylic acids is 2. The van der Waals surface area contributed by atoms with Gasteiger partial charge in [-0.2, -0.15) is 5.48 Å². The SMILES string of the molecule is CCNC(=O)c1ccc(N2CCC(N3C(=O)OCc4ccccc43)CC2)c([NH2+]O)c1. The Morgan fingerprint density at radius 1 is 1.20 bits per heavy atom. The number of amides is 2. The van der Waals surface area contributed by atoms with E-state index in [1.807, 2.05) is 37.3 Å². The maximum atomic E-state index is 12.5. The van der Waals surface area contributed by atoms with Crippen LogP contribution in [0.5, 0.6) is 0 Å². The van der Waals surface area contributed by atoms with E-state index in [0.717, 1.165) is 48.3 Å². The summed E-state index contributed by atoms with van der Waals surface area (Å²) in [4.78, 5) is 28.5. The zero-order valence-electron chi connectivity index (χ0n) is 17.0. The van der Waals surface area contributed by atoms with Crippen molar-refractivity contribution >= 4 is 29.1 Å². The highest BCUT2D eigenvalue weighted by Crippen LogP contribution is 2.33. The monoisotopic (exact) mass is 411 g/mol. The van der Waals surface area contributed by atoms with Crippen molar-refractivity contribution in [3.05, 3.63) is 53.6 Å². The molecule has 2 aliphatic heterocycles. The zero-order valence-corrected chi connectivity index (χ0v) is 17.0. The molecular weight excluding hydrogens is 384 g/mol. The average molecular weight is 411 g/mol. The molecule has 0 aliphatic carbocycles. The van der Waals surface area contributed by atoms with Crippen LogP contribution in [0.1, 0.15) is 35.7 Å². The van der Waals surface area contributed by atoms with Gasteiger partial charge in [0.15, 0.2) is 5.69 Å². The second-order valence-electron chi connectivity index (χ2n) is 7.53. The number of nitrogens with zero attached hydrogens (tertiary/aromatic N) is 2. The van der Waals surface area contributed by atoms with E-state index in [0.29, 0.717) is 24.4 Å². The van der Waals surface area contributed by atoms with E-state index in [-0.39, 0.29) is 18.0 Å². The highest BCUT2D eigenvalue weighted by molar-refractivity contribution is 5.95. The summed E-state index contributed by atoms with van der Waals surface area (Å²) in [6.45, 7) is 4.20. The van der Waals surface area contributed by atoms with Gasteiger partial charge in [-0.25, -0.2) is 10.0 Å². The van der Waals surface area contributed by atoms with Crippen molar-refractivity contribution in [1.29, 1.82) is 0 Å². The first-order valence-electron chi connectivity index (χ1n) is 10.3.